The molecule has 0 aromatic heterocycles. The van der Waals surface area contributed by atoms with Crippen molar-refractivity contribution in [3.05, 3.63) is 5.21 Å². The van der Waals surface area contributed by atoms with Crippen LogP contribution in [0.15, 0.2) is 0 Å². The number of nitrogens with zero attached hydrogens (tertiary/aromatic N) is 1. The molecule has 0 spiro atoms. The first kappa shape index (κ1) is 6.95. The SMILES string of the molecule is [O-]N1CCNCC1CO. The molecule has 0 bridgehead atoms. The van der Waals surface area contributed by atoms with Crippen LogP contribution in [0, 0.1) is 5.21 Å². The van der Waals surface area contributed by atoms with Gasteiger partial charge in [-0.2, -0.15) is 0 Å². The van der Waals surface area contributed by atoms with E-state index in [0.717, 1.165) is 11.6 Å². The van der Waals surface area contributed by atoms with Crippen molar-refractivity contribution < 1.29 is 5.11 Å². The molecule has 0 saturated carbocycles. The molecule has 0 aromatic carbocycles. The van der Waals surface area contributed by atoms with Gasteiger partial charge in [0.15, 0.2) is 0 Å². The molecule has 54 valence electrons. The zero-order valence-corrected chi connectivity index (χ0v) is 5.21. The minimum Gasteiger partial charge on any atom is -0.785 e. The summed E-state index contributed by atoms with van der Waals surface area (Å²) in [4.78, 5) is 0. The molecule has 1 fully saturated rings. The van der Waals surface area contributed by atoms with E-state index in [4.69, 9.17) is 5.11 Å². The number of aliphatic hydroxyl groups is 1. The Morgan fingerprint density at radius 1 is 1.78 bits per heavy atom. The molecule has 1 aliphatic heterocycles. The fourth-order valence-electron chi connectivity index (χ4n) is 0.898. The molecule has 0 aliphatic carbocycles. The Morgan fingerprint density at radius 3 is 3.00 bits per heavy atom. The van der Waals surface area contributed by atoms with Crippen LogP contribution in [0.4, 0.5) is 0 Å². The second-order valence-electron chi connectivity index (χ2n) is 2.18. The van der Waals surface area contributed by atoms with E-state index in [1.165, 1.54) is 0 Å². The molecule has 1 heterocycles. The molecule has 1 rings (SSSR count). The van der Waals surface area contributed by atoms with Crippen molar-refractivity contribution >= 4 is 0 Å². The van der Waals surface area contributed by atoms with Crippen molar-refractivity contribution in [3.63, 3.8) is 0 Å². The van der Waals surface area contributed by atoms with Gasteiger partial charge in [-0.3, -0.25) is 0 Å². The standard InChI is InChI=1S/C5H11N2O2/c8-4-5-3-6-1-2-7(5)9/h5-6,8H,1-4H2/q-1. The molecule has 1 saturated heterocycles. The fourth-order valence-corrected chi connectivity index (χ4v) is 0.898. The number of hydroxylamine groups is 2. The third-order valence-electron chi connectivity index (χ3n) is 1.51. The van der Waals surface area contributed by atoms with E-state index in [1.807, 2.05) is 0 Å². The number of nitrogens with one attached hydrogen (secondary N) is 1. The maximum atomic E-state index is 10.7. The summed E-state index contributed by atoms with van der Waals surface area (Å²) in [5.74, 6) is 0. The van der Waals surface area contributed by atoms with Crippen LogP contribution in [0.25, 0.3) is 0 Å². The Bertz CT molecular complexity index is 89.0. The van der Waals surface area contributed by atoms with Gasteiger partial charge in [0, 0.05) is 19.1 Å². The van der Waals surface area contributed by atoms with E-state index in [-0.39, 0.29) is 12.6 Å². The second kappa shape index (κ2) is 3.12. The summed E-state index contributed by atoms with van der Waals surface area (Å²) in [5, 5.41) is 23.3. The molecule has 4 nitrogen and oxygen atoms in total. The van der Waals surface area contributed by atoms with E-state index in [0.29, 0.717) is 13.1 Å². The van der Waals surface area contributed by atoms with Gasteiger partial charge >= 0.3 is 0 Å². The molecule has 4 heteroatoms. The Labute approximate surface area is 54.0 Å². The van der Waals surface area contributed by atoms with Crippen molar-refractivity contribution in [2.75, 3.05) is 26.2 Å². The highest BCUT2D eigenvalue weighted by molar-refractivity contribution is 4.78. The molecular weight excluding hydrogens is 120 g/mol. The molecular formula is C5H11N2O2-. The van der Waals surface area contributed by atoms with Crippen molar-refractivity contribution in [2.24, 2.45) is 0 Å². The summed E-state index contributed by atoms with van der Waals surface area (Å²) in [7, 11) is 0. The largest absolute Gasteiger partial charge is 0.785 e. The van der Waals surface area contributed by atoms with Gasteiger partial charge < -0.3 is 20.7 Å². The van der Waals surface area contributed by atoms with Crippen molar-refractivity contribution in [1.82, 2.24) is 10.4 Å². The lowest BCUT2D eigenvalue weighted by Gasteiger charge is -2.39. The van der Waals surface area contributed by atoms with E-state index >= 15 is 0 Å². The van der Waals surface area contributed by atoms with Gasteiger partial charge in [-0.1, -0.05) is 0 Å². The third-order valence-corrected chi connectivity index (χ3v) is 1.51. The summed E-state index contributed by atoms with van der Waals surface area (Å²) >= 11 is 0. The zero-order valence-electron chi connectivity index (χ0n) is 5.21. The van der Waals surface area contributed by atoms with Crippen LogP contribution in [0.1, 0.15) is 0 Å². The van der Waals surface area contributed by atoms with Gasteiger partial charge in [0.25, 0.3) is 0 Å². The average Bonchev–Trinajstić information content (AvgIpc) is 1.89. The summed E-state index contributed by atoms with van der Waals surface area (Å²) in [6.45, 7) is 1.79. The minimum atomic E-state index is -0.223. The quantitative estimate of drug-likeness (QED) is 0.467. The van der Waals surface area contributed by atoms with Crippen molar-refractivity contribution in [2.45, 2.75) is 6.04 Å². The summed E-state index contributed by atoms with van der Waals surface area (Å²) in [6.07, 6.45) is 0. The normalized spacial score (nSPS) is 30.7. The first-order chi connectivity index (χ1) is 4.34. The highest BCUT2D eigenvalue weighted by Gasteiger charge is 2.12. The fraction of sp³-hybridized carbons (Fsp3) is 1.00. The molecule has 2 N–H and O–H groups in total. The van der Waals surface area contributed by atoms with E-state index < -0.39 is 0 Å². The summed E-state index contributed by atoms with van der Waals surface area (Å²) in [6, 6.07) is -0.223. The smallest absolute Gasteiger partial charge is 0.0590 e. The Hall–Kier alpha value is -0.160. The average molecular weight is 131 g/mol. The molecule has 0 aromatic rings. The van der Waals surface area contributed by atoms with Gasteiger partial charge in [-0.25, -0.2) is 0 Å². The number of rotatable bonds is 1. The number of aliphatic hydroxyl groups excluding tert-OH is 1. The lowest BCUT2D eigenvalue weighted by molar-refractivity contribution is 0.142. The molecule has 1 aliphatic rings. The van der Waals surface area contributed by atoms with Crippen LogP contribution in [-0.2, 0) is 0 Å². The summed E-state index contributed by atoms with van der Waals surface area (Å²) in [5.41, 5.74) is 0. The van der Waals surface area contributed by atoms with Crippen molar-refractivity contribution in [1.29, 1.82) is 0 Å². The number of piperazine rings is 1. The lowest BCUT2D eigenvalue weighted by atomic mass is 10.2. The highest BCUT2D eigenvalue weighted by Crippen LogP contribution is 1.98. The number of hydrogen-bond donors (Lipinski definition) is 2. The van der Waals surface area contributed by atoms with Gasteiger partial charge in [0.05, 0.1) is 6.61 Å². The maximum Gasteiger partial charge on any atom is 0.0590 e. The van der Waals surface area contributed by atoms with Crippen LogP contribution in [-0.4, -0.2) is 42.5 Å². The molecule has 9 heavy (non-hydrogen) atoms. The topological polar surface area (TPSA) is 58.6 Å². The molecule has 1 atom stereocenters. The Balaban J connectivity index is 2.30. The van der Waals surface area contributed by atoms with Crippen LogP contribution < -0.4 is 5.32 Å². The van der Waals surface area contributed by atoms with Gasteiger partial charge in [-0.15, -0.1) is 0 Å². The van der Waals surface area contributed by atoms with Gasteiger partial charge in [-0.05, 0) is 6.54 Å². The van der Waals surface area contributed by atoms with Crippen LogP contribution in [0.5, 0.6) is 0 Å². The van der Waals surface area contributed by atoms with Crippen LogP contribution in [0.2, 0.25) is 0 Å². The van der Waals surface area contributed by atoms with Crippen LogP contribution >= 0.6 is 0 Å². The van der Waals surface area contributed by atoms with E-state index in [2.05, 4.69) is 5.32 Å². The first-order valence-electron chi connectivity index (χ1n) is 3.10. The third kappa shape index (κ3) is 1.62. The van der Waals surface area contributed by atoms with Gasteiger partial charge in [0.2, 0.25) is 0 Å². The zero-order chi connectivity index (χ0) is 6.69. The molecule has 0 amide bonds. The lowest BCUT2D eigenvalue weighted by Crippen LogP contribution is -2.50. The molecule has 0 radical (unpaired) electrons. The first-order valence-corrected chi connectivity index (χ1v) is 3.10. The van der Waals surface area contributed by atoms with E-state index in [1.54, 1.807) is 0 Å². The van der Waals surface area contributed by atoms with E-state index in [9.17, 15) is 5.21 Å². The predicted octanol–water partition coefficient (Wildman–Crippen LogP) is -1.25. The Morgan fingerprint density at radius 2 is 2.56 bits per heavy atom. The summed E-state index contributed by atoms with van der Waals surface area (Å²) < 4.78 is 0. The number of hydrogen-bond acceptors (Lipinski definition) is 4. The minimum absolute atomic E-state index is 0.0451. The van der Waals surface area contributed by atoms with Gasteiger partial charge in [0.1, 0.15) is 0 Å². The van der Waals surface area contributed by atoms with Crippen LogP contribution in [0.3, 0.4) is 0 Å². The monoisotopic (exact) mass is 131 g/mol. The highest BCUT2D eigenvalue weighted by atomic mass is 16.5. The molecule has 1 unspecified atom stereocenters. The maximum absolute atomic E-state index is 10.7. The van der Waals surface area contributed by atoms with Crippen molar-refractivity contribution in [3.8, 4) is 0 Å². The second-order valence-corrected chi connectivity index (χ2v) is 2.18. The Kier molecular flexibility index (Phi) is 2.41. The predicted molar refractivity (Wildman–Crippen MR) is 33.8 cm³/mol.